The van der Waals surface area contributed by atoms with Gasteiger partial charge in [0.05, 0.1) is 0 Å². The van der Waals surface area contributed by atoms with Gasteiger partial charge in [-0.25, -0.2) is 0 Å². The van der Waals surface area contributed by atoms with Crippen molar-refractivity contribution in [3.8, 4) is 0 Å². The van der Waals surface area contributed by atoms with Crippen LogP contribution in [0.25, 0.3) is 5.57 Å². The van der Waals surface area contributed by atoms with Crippen LogP contribution in [0.5, 0.6) is 0 Å². The number of hydrogen-bond donors (Lipinski definition) is 1. The summed E-state index contributed by atoms with van der Waals surface area (Å²) >= 11 is 0. The van der Waals surface area contributed by atoms with Crippen molar-refractivity contribution in [1.29, 1.82) is 0 Å². The summed E-state index contributed by atoms with van der Waals surface area (Å²) in [7, 11) is 0. The van der Waals surface area contributed by atoms with Gasteiger partial charge in [0.1, 0.15) is 11.4 Å². The van der Waals surface area contributed by atoms with Crippen LogP contribution < -0.4 is 5.32 Å². The predicted octanol–water partition coefficient (Wildman–Crippen LogP) is 3.66. The molecule has 2 atom stereocenters. The topological polar surface area (TPSA) is 65.0 Å². The molecule has 0 bridgehead atoms. The summed E-state index contributed by atoms with van der Waals surface area (Å²) in [4.78, 5) is 34.9. The Hall–Kier alpha value is -2.89. The highest BCUT2D eigenvalue weighted by Crippen LogP contribution is 2.46. The fraction of sp³-hybridized carbons (Fsp3) is 0.552. The molecule has 2 amide bonds. The second kappa shape index (κ2) is 7.81. The summed E-state index contributed by atoms with van der Waals surface area (Å²) in [6.07, 6.45) is 11.6. The maximum Gasteiger partial charge on any atom is 0.256 e. The maximum absolute atomic E-state index is 13.4. The molecule has 2 saturated carbocycles. The molecule has 6 nitrogen and oxygen atoms in total. The van der Waals surface area contributed by atoms with Crippen LogP contribution in [0.4, 0.5) is 0 Å². The lowest BCUT2D eigenvalue weighted by Crippen LogP contribution is -2.41. The highest BCUT2D eigenvalue weighted by Gasteiger charge is 2.57. The number of aryl methyl sites for hydroxylation is 1. The summed E-state index contributed by atoms with van der Waals surface area (Å²) in [5.41, 5.74) is 5.87. The molecule has 7 rings (SSSR count). The van der Waals surface area contributed by atoms with Crippen molar-refractivity contribution in [3.63, 3.8) is 0 Å². The zero-order valence-electron chi connectivity index (χ0n) is 20.6. The third-order valence-corrected chi connectivity index (χ3v) is 8.93. The van der Waals surface area contributed by atoms with Crippen LogP contribution in [0.1, 0.15) is 61.6 Å². The van der Waals surface area contributed by atoms with Gasteiger partial charge >= 0.3 is 0 Å². The monoisotopic (exact) mass is 470 g/mol. The first-order chi connectivity index (χ1) is 17.0. The molecule has 6 heteroatoms. The van der Waals surface area contributed by atoms with E-state index in [2.05, 4.69) is 42.6 Å². The van der Waals surface area contributed by atoms with Crippen molar-refractivity contribution >= 4 is 23.2 Å². The van der Waals surface area contributed by atoms with E-state index < -0.39 is 5.54 Å². The zero-order valence-corrected chi connectivity index (χ0v) is 20.6. The van der Waals surface area contributed by atoms with Crippen molar-refractivity contribution in [2.45, 2.75) is 57.4 Å². The first kappa shape index (κ1) is 21.4. The Balaban J connectivity index is 1.12. The van der Waals surface area contributed by atoms with Crippen molar-refractivity contribution in [2.24, 2.45) is 22.7 Å². The van der Waals surface area contributed by atoms with E-state index in [9.17, 15) is 9.59 Å². The number of aliphatic imine (C=N–C) groups is 1. The standard InChI is InChI=1S/C29H34N4O2/c1-18-14-23(4-6-24(18)21-5-7-25-22(15-21)8-12-30-25)26-31-29(10-11-29)28(35)33(26)17-19-9-13-32(16-19)27(34)20-2-3-20/h4-7,14,19-20,22,30H,2-3,8-13,15-17H2,1H3/t19-,22?/m1/s1. The van der Waals surface area contributed by atoms with Gasteiger partial charge in [0, 0.05) is 49.3 Å². The van der Waals surface area contributed by atoms with E-state index >= 15 is 0 Å². The third kappa shape index (κ3) is 3.64. The molecule has 1 spiro atoms. The molecule has 182 valence electrons. The third-order valence-electron chi connectivity index (χ3n) is 8.93. The minimum absolute atomic E-state index is 0.169. The molecule has 3 aliphatic carbocycles. The number of nitrogens with zero attached hydrogens (tertiary/aromatic N) is 3. The van der Waals surface area contributed by atoms with E-state index in [1.165, 1.54) is 28.8 Å². The number of fused-ring (bicyclic) bond motifs is 1. The molecule has 1 aromatic rings. The number of hydrogen-bond acceptors (Lipinski definition) is 4. The van der Waals surface area contributed by atoms with Crippen molar-refractivity contribution in [2.75, 3.05) is 26.2 Å². The van der Waals surface area contributed by atoms with Crippen LogP contribution in [-0.4, -0.2) is 59.2 Å². The Morgan fingerprint density at radius 1 is 1.17 bits per heavy atom. The van der Waals surface area contributed by atoms with E-state index in [1.54, 1.807) is 0 Å². The SMILES string of the molecule is Cc1cc(C2=NC3(CC3)C(=O)N2C[C@@H]2CCN(C(=O)C3CC3)C2)ccc1C1=CC=C2NCCC2C1. The average molecular weight is 471 g/mol. The lowest BCUT2D eigenvalue weighted by Gasteiger charge is -2.24. The van der Waals surface area contributed by atoms with E-state index in [0.29, 0.717) is 24.3 Å². The number of nitrogens with one attached hydrogen (secondary N) is 1. The number of carbonyl (C=O) groups is 2. The molecular formula is C29H34N4O2. The van der Waals surface area contributed by atoms with Crippen LogP contribution in [0.2, 0.25) is 0 Å². The van der Waals surface area contributed by atoms with Crippen LogP contribution in [0.15, 0.2) is 41.0 Å². The number of likely N-dealkylation sites (tertiary alicyclic amines) is 1. The molecule has 1 unspecified atom stereocenters. The van der Waals surface area contributed by atoms with Gasteiger partial charge in [-0.15, -0.1) is 0 Å². The van der Waals surface area contributed by atoms with E-state index in [0.717, 1.165) is 69.6 Å². The number of allylic oxidation sites excluding steroid dienone is 4. The van der Waals surface area contributed by atoms with Crippen LogP contribution >= 0.6 is 0 Å². The molecule has 0 radical (unpaired) electrons. The number of amidine groups is 1. The van der Waals surface area contributed by atoms with Gasteiger partial charge < -0.3 is 10.2 Å². The van der Waals surface area contributed by atoms with Gasteiger partial charge in [-0.05, 0) is 86.6 Å². The molecule has 4 fully saturated rings. The Labute approximate surface area is 207 Å². The molecule has 1 aromatic carbocycles. The van der Waals surface area contributed by atoms with E-state index in [4.69, 9.17) is 4.99 Å². The fourth-order valence-corrected chi connectivity index (χ4v) is 6.50. The quantitative estimate of drug-likeness (QED) is 0.714. The second-order valence-corrected chi connectivity index (χ2v) is 11.6. The van der Waals surface area contributed by atoms with Gasteiger partial charge in [-0.3, -0.25) is 19.5 Å². The highest BCUT2D eigenvalue weighted by molar-refractivity contribution is 6.16. The number of rotatable bonds is 5. The van der Waals surface area contributed by atoms with E-state index in [1.807, 2.05) is 9.80 Å². The van der Waals surface area contributed by atoms with Gasteiger partial charge in [0.2, 0.25) is 5.91 Å². The van der Waals surface area contributed by atoms with E-state index in [-0.39, 0.29) is 11.8 Å². The molecule has 3 aliphatic heterocycles. The summed E-state index contributed by atoms with van der Waals surface area (Å²) in [5.74, 6) is 2.55. The van der Waals surface area contributed by atoms with Crippen LogP contribution in [0.3, 0.4) is 0 Å². The molecule has 3 heterocycles. The lowest BCUT2D eigenvalue weighted by atomic mass is 9.86. The van der Waals surface area contributed by atoms with Gasteiger partial charge in [0.25, 0.3) is 5.91 Å². The molecular weight excluding hydrogens is 436 g/mol. The van der Waals surface area contributed by atoms with Crippen molar-refractivity contribution < 1.29 is 9.59 Å². The van der Waals surface area contributed by atoms with Crippen LogP contribution in [0, 0.1) is 24.7 Å². The Morgan fingerprint density at radius 3 is 2.80 bits per heavy atom. The Kier molecular flexibility index (Phi) is 4.77. The summed E-state index contributed by atoms with van der Waals surface area (Å²) in [5, 5.41) is 3.50. The summed E-state index contributed by atoms with van der Waals surface area (Å²) in [6, 6.07) is 6.61. The first-order valence-electron chi connectivity index (χ1n) is 13.5. The zero-order chi connectivity index (χ0) is 23.7. The second-order valence-electron chi connectivity index (χ2n) is 11.6. The van der Waals surface area contributed by atoms with Crippen molar-refractivity contribution in [1.82, 2.24) is 15.1 Å². The summed E-state index contributed by atoms with van der Waals surface area (Å²) < 4.78 is 0. The van der Waals surface area contributed by atoms with Gasteiger partial charge in [0.15, 0.2) is 0 Å². The molecule has 6 aliphatic rings. The molecule has 0 aromatic heterocycles. The molecule has 1 N–H and O–H groups in total. The number of benzene rings is 1. The highest BCUT2D eigenvalue weighted by atomic mass is 16.2. The summed E-state index contributed by atoms with van der Waals surface area (Å²) in [6.45, 7) is 5.53. The minimum atomic E-state index is -0.507. The Bertz CT molecular complexity index is 1200. The number of amides is 2. The Morgan fingerprint density at radius 2 is 2.03 bits per heavy atom. The van der Waals surface area contributed by atoms with Crippen molar-refractivity contribution in [3.05, 3.63) is 52.7 Å². The predicted molar refractivity (Wildman–Crippen MR) is 136 cm³/mol. The molecule has 35 heavy (non-hydrogen) atoms. The number of carbonyl (C=O) groups excluding carboxylic acids is 2. The minimum Gasteiger partial charge on any atom is -0.388 e. The van der Waals surface area contributed by atoms with Crippen LogP contribution in [-0.2, 0) is 9.59 Å². The molecule has 2 saturated heterocycles. The normalized spacial score (nSPS) is 28.6. The smallest absolute Gasteiger partial charge is 0.256 e. The first-order valence-corrected chi connectivity index (χ1v) is 13.5. The maximum atomic E-state index is 13.4. The average Bonchev–Trinajstić information content (AvgIpc) is 3.74. The van der Waals surface area contributed by atoms with Gasteiger partial charge in [-0.1, -0.05) is 18.2 Å². The fourth-order valence-electron chi connectivity index (χ4n) is 6.50. The largest absolute Gasteiger partial charge is 0.388 e. The van der Waals surface area contributed by atoms with Gasteiger partial charge in [-0.2, -0.15) is 0 Å². The lowest BCUT2D eigenvalue weighted by molar-refractivity contribution is -0.131.